The molecule has 0 radical (unpaired) electrons. The van der Waals surface area contributed by atoms with Crippen LogP contribution in [0.1, 0.15) is 37.4 Å². The maximum atomic E-state index is 10.5. The lowest BCUT2D eigenvalue weighted by atomic mass is 10.3. The average molecular weight is 251 g/mol. The van der Waals surface area contributed by atoms with Gasteiger partial charge >= 0.3 is 6.03 Å². The van der Waals surface area contributed by atoms with Crippen LogP contribution >= 0.6 is 0 Å². The molecular weight excluding hydrogens is 230 g/mol. The van der Waals surface area contributed by atoms with E-state index in [1.807, 2.05) is 6.07 Å². The molecular formula is C12H21N5O. The Morgan fingerprint density at radius 3 is 2.94 bits per heavy atom. The summed E-state index contributed by atoms with van der Waals surface area (Å²) in [4.78, 5) is 10.5. The van der Waals surface area contributed by atoms with Gasteiger partial charge in [-0.2, -0.15) is 5.10 Å². The first-order valence-corrected chi connectivity index (χ1v) is 6.54. The standard InChI is InChI=1S/C12H21N5O/c13-12(18)15-7-6-14-9-10-5-8-17(16-10)11-3-1-2-4-11/h5,8,11,14H,1-4,6-7,9H2,(H3,13,15,18). The van der Waals surface area contributed by atoms with Gasteiger partial charge in [-0.05, 0) is 18.9 Å². The zero-order chi connectivity index (χ0) is 12.8. The molecule has 0 unspecified atom stereocenters. The minimum absolute atomic E-state index is 0.484. The highest BCUT2D eigenvalue weighted by atomic mass is 16.2. The number of hydrogen-bond acceptors (Lipinski definition) is 3. The summed E-state index contributed by atoms with van der Waals surface area (Å²) in [5, 5.41) is 10.3. The van der Waals surface area contributed by atoms with Crippen LogP contribution in [0.4, 0.5) is 4.79 Å². The number of rotatable bonds is 6. The Bertz CT molecular complexity index is 384. The van der Waals surface area contributed by atoms with E-state index in [-0.39, 0.29) is 0 Å². The van der Waals surface area contributed by atoms with Crippen molar-refractivity contribution in [1.82, 2.24) is 20.4 Å². The van der Waals surface area contributed by atoms with Gasteiger partial charge in [-0.25, -0.2) is 4.79 Å². The molecule has 0 aromatic carbocycles. The molecule has 1 aliphatic rings. The van der Waals surface area contributed by atoms with Crippen LogP contribution in [0.15, 0.2) is 12.3 Å². The molecule has 1 aliphatic carbocycles. The van der Waals surface area contributed by atoms with Crippen LogP contribution in [0.3, 0.4) is 0 Å². The highest BCUT2D eigenvalue weighted by Crippen LogP contribution is 2.28. The number of primary amides is 1. The summed E-state index contributed by atoms with van der Waals surface area (Å²) >= 11 is 0. The zero-order valence-electron chi connectivity index (χ0n) is 10.6. The largest absolute Gasteiger partial charge is 0.352 e. The van der Waals surface area contributed by atoms with E-state index in [1.165, 1.54) is 25.7 Å². The highest BCUT2D eigenvalue weighted by Gasteiger charge is 2.17. The van der Waals surface area contributed by atoms with Crippen molar-refractivity contribution >= 4 is 6.03 Å². The van der Waals surface area contributed by atoms with E-state index >= 15 is 0 Å². The molecule has 1 aromatic heterocycles. The number of hydrogen-bond donors (Lipinski definition) is 3. The van der Waals surface area contributed by atoms with Crippen molar-refractivity contribution in [3.63, 3.8) is 0 Å². The van der Waals surface area contributed by atoms with Gasteiger partial charge in [-0.15, -0.1) is 0 Å². The second kappa shape index (κ2) is 6.39. The van der Waals surface area contributed by atoms with Crippen molar-refractivity contribution in [3.05, 3.63) is 18.0 Å². The molecule has 6 heteroatoms. The fourth-order valence-corrected chi connectivity index (χ4v) is 2.33. The fraction of sp³-hybridized carbons (Fsp3) is 0.667. The van der Waals surface area contributed by atoms with Gasteiger partial charge in [0.15, 0.2) is 0 Å². The number of carbonyl (C=O) groups is 1. The lowest BCUT2D eigenvalue weighted by Gasteiger charge is -2.09. The predicted octanol–water partition coefficient (Wildman–Crippen LogP) is 0.756. The van der Waals surface area contributed by atoms with Crippen LogP contribution in [0.25, 0.3) is 0 Å². The van der Waals surface area contributed by atoms with Gasteiger partial charge in [-0.1, -0.05) is 12.8 Å². The Labute approximate surface area is 107 Å². The summed E-state index contributed by atoms with van der Waals surface area (Å²) in [7, 11) is 0. The molecule has 0 spiro atoms. The summed E-state index contributed by atoms with van der Waals surface area (Å²) in [5.41, 5.74) is 6.01. The van der Waals surface area contributed by atoms with Gasteiger partial charge in [0, 0.05) is 25.8 Å². The van der Waals surface area contributed by atoms with E-state index < -0.39 is 6.03 Å². The van der Waals surface area contributed by atoms with E-state index in [4.69, 9.17) is 5.73 Å². The van der Waals surface area contributed by atoms with Gasteiger partial charge in [0.1, 0.15) is 0 Å². The SMILES string of the molecule is NC(=O)NCCNCc1ccn(C2CCCC2)n1. The molecule has 1 fully saturated rings. The lowest BCUT2D eigenvalue weighted by molar-refractivity contribution is 0.249. The predicted molar refractivity (Wildman–Crippen MR) is 69.0 cm³/mol. The molecule has 2 rings (SSSR count). The third-order valence-electron chi connectivity index (χ3n) is 3.27. The smallest absolute Gasteiger partial charge is 0.312 e. The first kappa shape index (κ1) is 12.9. The van der Waals surface area contributed by atoms with Crippen LogP contribution < -0.4 is 16.4 Å². The normalized spacial score (nSPS) is 16.0. The molecule has 100 valence electrons. The number of nitrogens with zero attached hydrogens (tertiary/aromatic N) is 2. The van der Waals surface area contributed by atoms with Gasteiger partial charge in [0.05, 0.1) is 11.7 Å². The molecule has 1 heterocycles. The van der Waals surface area contributed by atoms with Crippen molar-refractivity contribution in [2.75, 3.05) is 13.1 Å². The molecule has 6 nitrogen and oxygen atoms in total. The minimum atomic E-state index is -0.484. The fourth-order valence-electron chi connectivity index (χ4n) is 2.33. The van der Waals surface area contributed by atoms with Crippen LogP contribution in [0, 0.1) is 0 Å². The minimum Gasteiger partial charge on any atom is -0.352 e. The molecule has 2 amide bonds. The van der Waals surface area contributed by atoms with E-state index in [0.717, 1.165) is 12.2 Å². The summed E-state index contributed by atoms with van der Waals surface area (Å²) < 4.78 is 2.09. The Hall–Kier alpha value is -1.56. The van der Waals surface area contributed by atoms with Crippen LogP contribution in [-0.4, -0.2) is 28.9 Å². The van der Waals surface area contributed by atoms with Gasteiger partial charge < -0.3 is 16.4 Å². The van der Waals surface area contributed by atoms with E-state index in [2.05, 4.69) is 26.6 Å². The summed E-state index contributed by atoms with van der Waals surface area (Å²) in [6.45, 7) is 1.96. The Balaban J connectivity index is 1.68. The topological polar surface area (TPSA) is 85.0 Å². The number of carbonyl (C=O) groups excluding carboxylic acids is 1. The number of amides is 2. The third-order valence-corrected chi connectivity index (χ3v) is 3.27. The molecule has 1 aromatic rings. The van der Waals surface area contributed by atoms with Crippen LogP contribution in [0.2, 0.25) is 0 Å². The monoisotopic (exact) mass is 251 g/mol. The number of aromatic nitrogens is 2. The first-order valence-electron chi connectivity index (χ1n) is 6.54. The average Bonchev–Trinajstić information content (AvgIpc) is 2.98. The molecule has 4 N–H and O–H groups in total. The van der Waals surface area contributed by atoms with E-state index in [1.54, 1.807) is 0 Å². The van der Waals surface area contributed by atoms with Crippen molar-refractivity contribution in [2.24, 2.45) is 5.73 Å². The second-order valence-corrected chi connectivity index (χ2v) is 4.69. The summed E-state index contributed by atoms with van der Waals surface area (Å²) in [5.74, 6) is 0. The van der Waals surface area contributed by atoms with Crippen molar-refractivity contribution in [2.45, 2.75) is 38.3 Å². The van der Waals surface area contributed by atoms with Crippen molar-refractivity contribution in [3.8, 4) is 0 Å². The summed E-state index contributed by atoms with van der Waals surface area (Å²) in [6, 6.07) is 2.16. The molecule has 18 heavy (non-hydrogen) atoms. The molecule has 0 saturated heterocycles. The third kappa shape index (κ3) is 3.73. The number of urea groups is 1. The van der Waals surface area contributed by atoms with Crippen LogP contribution in [0.5, 0.6) is 0 Å². The molecule has 0 bridgehead atoms. The van der Waals surface area contributed by atoms with Crippen molar-refractivity contribution < 1.29 is 4.79 Å². The highest BCUT2D eigenvalue weighted by molar-refractivity contribution is 5.71. The first-order chi connectivity index (χ1) is 8.75. The van der Waals surface area contributed by atoms with Gasteiger partial charge in [0.25, 0.3) is 0 Å². The maximum Gasteiger partial charge on any atom is 0.312 e. The van der Waals surface area contributed by atoms with E-state index in [0.29, 0.717) is 19.1 Å². The zero-order valence-corrected chi connectivity index (χ0v) is 10.6. The second-order valence-electron chi connectivity index (χ2n) is 4.69. The van der Waals surface area contributed by atoms with Gasteiger partial charge in [-0.3, -0.25) is 4.68 Å². The summed E-state index contributed by atoms with van der Waals surface area (Å²) in [6.07, 6.45) is 7.19. The quantitative estimate of drug-likeness (QED) is 0.652. The molecule has 0 atom stereocenters. The number of nitrogens with two attached hydrogens (primary N) is 1. The Morgan fingerprint density at radius 2 is 2.22 bits per heavy atom. The van der Waals surface area contributed by atoms with Crippen molar-refractivity contribution in [1.29, 1.82) is 0 Å². The maximum absolute atomic E-state index is 10.5. The Morgan fingerprint density at radius 1 is 1.44 bits per heavy atom. The molecule has 0 aliphatic heterocycles. The lowest BCUT2D eigenvalue weighted by Crippen LogP contribution is -2.35. The number of nitrogens with one attached hydrogen (secondary N) is 2. The van der Waals surface area contributed by atoms with Crippen LogP contribution in [-0.2, 0) is 6.54 Å². The Kier molecular flexibility index (Phi) is 4.58. The van der Waals surface area contributed by atoms with Gasteiger partial charge in [0.2, 0.25) is 0 Å². The van der Waals surface area contributed by atoms with E-state index in [9.17, 15) is 4.79 Å². The molecule has 1 saturated carbocycles.